The van der Waals surface area contributed by atoms with Crippen molar-refractivity contribution < 1.29 is 27.9 Å². The molecule has 0 aliphatic rings. The number of carbonyl (C=O) groups excluding carboxylic acids is 1. The van der Waals surface area contributed by atoms with Crippen LogP contribution in [0.25, 0.3) is 5.69 Å². The minimum atomic E-state index is -4.59. The van der Waals surface area contributed by atoms with Gasteiger partial charge in [-0.1, -0.05) is 0 Å². The molecule has 26 heavy (non-hydrogen) atoms. The Kier molecular flexibility index (Phi) is 5.60. The van der Waals surface area contributed by atoms with Crippen LogP contribution in [0.5, 0.6) is 0 Å². The van der Waals surface area contributed by atoms with Gasteiger partial charge in [-0.2, -0.15) is 18.3 Å². The Labute approximate surface area is 146 Å². The van der Waals surface area contributed by atoms with Crippen LogP contribution < -0.4 is 5.32 Å². The highest BCUT2D eigenvalue weighted by atomic mass is 19.4. The van der Waals surface area contributed by atoms with E-state index in [1.54, 1.807) is 0 Å². The minimum Gasteiger partial charge on any atom is -0.480 e. The Morgan fingerprint density at radius 1 is 1.38 bits per heavy atom. The molecular formula is C15H16F3N5O3. The SMILES string of the molecule is CC(C(=O)O)N(C)CC(=O)Nc1cc(C(F)(F)F)ccc1-n1cncn1. The molecule has 0 spiro atoms. The second-order valence-electron chi connectivity index (χ2n) is 5.55. The van der Waals surface area contributed by atoms with Crippen LogP contribution in [0.15, 0.2) is 30.9 Å². The predicted molar refractivity (Wildman–Crippen MR) is 84.7 cm³/mol. The van der Waals surface area contributed by atoms with Gasteiger partial charge in [-0.15, -0.1) is 0 Å². The van der Waals surface area contributed by atoms with E-state index in [0.717, 1.165) is 18.2 Å². The van der Waals surface area contributed by atoms with E-state index in [2.05, 4.69) is 15.4 Å². The molecule has 0 aliphatic carbocycles. The van der Waals surface area contributed by atoms with Gasteiger partial charge in [0.1, 0.15) is 18.7 Å². The highest BCUT2D eigenvalue weighted by Crippen LogP contribution is 2.33. The van der Waals surface area contributed by atoms with Crippen LogP contribution in [-0.2, 0) is 15.8 Å². The quantitative estimate of drug-likeness (QED) is 0.801. The lowest BCUT2D eigenvalue weighted by atomic mass is 10.1. The summed E-state index contributed by atoms with van der Waals surface area (Å²) in [5.41, 5.74) is -0.867. The van der Waals surface area contributed by atoms with Crippen molar-refractivity contribution in [1.82, 2.24) is 19.7 Å². The number of aromatic nitrogens is 3. The van der Waals surface area contributed by atoms with Gasteiger partial charge in [0.25, 0.3) is 0 Å². The van der Waals surface area contributed by atoms with Gasteiger partial charge in [0.2, 0.25) is 5.91 Å². The Morgan fingerprint density at radius 3 is 2.62 bits per heavy atom. The molecule has 8 nitrogen and oxygen atoms in total. The van der Waals surface area contributed by atoms with Crippen LogP contribution >= 0.6 is 0 Å². The molecule has 1 aromatic heterocycles. The summed E-state index contributed by atoms with van der Waals surface area (Å²) in [7, 11) is 1.42. The molecule has 0 saturated carbocycles. The first kappa shape index (κ1) is 19.4. The second-order valence-corrected chi connectivity index (χ2v) is 5.55. The van der Waals surface area contributed by atoms with E-state index in [4.69, 9.17) is 5.11 Å². The number of likely N-dealkylation sites (N-methyl/N-ethyl adjacent to an activating group) is 1. The normalized spacial score (nSPS) is 12.8. The first-order chi connectivity index (χ1) is 12.1. The Hall–Kier alpha value is -2.95. The average Bonchev–Trinajstić information content (AvgIpc) is 3.07. The van der Waals surface area contributed by atoms with Crippen LogP contribution in [0.1, 0.15) is 12.5 Å². The molecule has 2 aromatic rings. The van der Waals surface area contributed by atoms with E-state index < -0.39 is 29.7 Å². The number of carboxylic acids is 1. The largest absolute Gasteiger partial charge is 0.480 e. The molecule has 0 fully saturated rings. The molecule has 1 aromatic carbocycles. The molecule has 2 rings (SSSR count). The number of carboxylic acid groups (broad SMARTS) is 1. The number of benzene rings is 1. The van der Waals surface area contributed by atoms with Gasteiger partial charge in [0.15, 0.2) is 0 Å². The van der Waals surface area contributed by atoms with Crippen molar-refractivity contribution in [3.8, 4) is 5.69 Å². The molecule has 1 atom stereocenters. The second kappa shape index (κ2) is 7.52. The van der Waals surface area contributed by atoms with Crippen molar-refractivity contribution in [3.05, 3.63) is 36.4 Å². The number of rotatable bonds is 6. The highest BCUT2D eigenvalue weighted by molar-refractivity contribution is 5.94. The number of carbonyl (C=O) groups is 2. The lowest BCUT2D eigenvalue weighted by Crippen LogP contribution is -2.40. The molecule has 0 bridgehead atoms. The smallest absolute Gasteiger partial charge is 0.416 e. The monoisotopic (exact) mass is 371 g/mol. The van der Waals surface area contributed by atoms with Crippen molar-refractivity contribution in [2.75, 3.05) is 18.9 Å². The molecule has 0 radical (unpaired) electrons. The fourth-order valence-corrected chi connectivity index (χ4v) is 2.09. The number of hydrogen-bond donors (Lipinski definition) is 2. The summed E-state index contributed by atoms with van der Waals surface area (Å²) >= 11 is 0. The topological polar surface area (TPSA) is 100 Å². The lowest BCUT2D eigenvalue weighted by Gasteiger charge is -2.21. The number of anilines is 1. The first-order valence-electron chi connectivity index (χ1n) is 7.38. The van der Waals surface area contributed by atoms with Crippen LogP contribution in [0, 0.1) is 0 Å². The van der Waals surface area contributed by atoms with E-state index in [1.165, 1.54) is 36.2 Å². The third kappa shape index (κ3) is 4.57. The molecule has 1 unspecified atom stereocenters. The maximum Gasteiger partial charge on any atom is 0.416 e. The van der Waals surface area contributed by atoms with E-state index >= 15 is 0 Å². The van der Waals surface area contributed by atoms with Gasteiger partial charge in [-0.3, -0.25) is 14.5 Å². The maximum absolute atomic E-state index is 13.0. The summed E-state index contributed by atoms with van der Waals surface area (Å²) in [6, 6.07) is 1.88. The summed E-state index contributed by atoms with van der Waals surface area (Å²) in [6.07, 6.45) is -2.11. The highest BCUT2D eigenvalue weighted by Gasteiger charge is 2.31. The van der Waals surface area contributed by atoms with Gasteiger partial charge >= 0.3 is 12.1 Å². The van der Waals surface area contributed by atoms with Crippen LogP contribution in [-0.4, -0.2) is 56.3 Å². The molecule has 11 heteroatoms. The molecular weight excluding hydrogens is 355 g/mol. The minimum absolute atomic E-state index is 0.119. The number of alkyl halides is 3. The van der Waals surface area contributed by atoms with Crippen molar-refractivity contribution >= 4 is 17.6 Å². The molecule has 0 aliphatic heterocycles. The number of amides is 1. The average molecular weight is 371 g/mol. The zero-order valence-corrected chi connectivity index (χ0v) is 13.9. The van der Waals surface area contributed by atoms with Gasteiger partial charge in [-0.05, 0) is 32.2 Å². The zero-order chi connectivity index (χ0) is 19.5. The Bertz CT molecular complexity index is 792. The molecule has 0 saturated heterocycles. The summed E-state index contributed by atoms with van der Waals surface area (Å²) < 4.78 is 40.1. The number of hydrogen-bond acceptors (Lipinski definition) is 5. The molecule has 1 amide bonds. The van der Waals surface area contributed by atoms with Crippen molar-refractivity contribution in [2.45, 2.75) is 19.1 Å². The number of nitrogens with zero attached hydrogens (tertiary/aromatic N) is 4. The van der Waals surface area contributed by atoms with Gasteiger partial charge in [-0.25, -0.2) is 9.67 Å². The third-order valence-corrected chi connectivity index (χ3v) is 3.68. The molecule has 140 valence electrons. The lowest BCUT2D eigenvalue weighted by molar-refractivity contribution is -0.142. The van der Waals surface area contributed by atoms with E-state index in [0.29, 0.717) is 0 Å². The number of halogens is 3. The first-order valence-corrected chi connectivity index (χ1v) is 7.38. The summed E-state index contributed by atoms with van der Waals surface area (Å²) in [4.78, 5) is 28.1. The molecule has 1 heterocycles. The van der Waals surface area contributed by atoms with Gasteiger partial charge in [0, 0.05) is 0 Å². The van der Waals surface area contributed by atoms with E-state index in [9.17, 15) is 22.8 Å². The number of aliphatic carboxylic acids is 1. The van der Waals surface area contributed by atoms with Gasteiger partial charge in [0.05, 0.1) is 23.5 Å². The van der Waals surface area contributed by atoms with Crippen LogP contribution in [0.3, 0.4) is 0 Å². The predicted octanol–water partition coefficient (Wildman–Crippen LogP) is 1.63. The van der Waals surface area contributed by atoms with Crippen molar-refractivity contribution in [3.63, 3.8) is 0 Å². The number of nitrogens with one attached hydrogen (secondary N) is 1. The fraction of sp³-hybridized carbons (Fsp3) is 0.333. The Morgan fingerprint density at radius 2 is 2.08 bits per heavy atom. The summed E-state index contributed by atoms with van der Waals surface area (Å²) in [5, 5.41) is 15.2. The van der Waals surface area contributed by atoms with Crippen molar-refractivity contribution in [1.29, 1.82) is 0 Å². The molecule has 2 N–H and O–H groups in total. The summed E-state index contributed by atoms with van der Waals surface area (Å²) in [6.45, 7) is 1.07. The fourth-order valence-electron chi connectivity index (χ4n) is 2.09. The van der Waals surface area contributed by atoms with Gasteiger partial charge < -0.3 is 10.4 Å². The standard InChI is InChI=1S/C15H16F3N5O3/c1-9(14(25)26)22(2)6-13(24)21-11-5-10(15(16,17)18)3-4-12(11)23-8-19-7-20-23/h3-5,7-9H,6H2,1-2H3,(H,21,24)(H,25,26). The Balaban J connectivity index is 2.28. The maximum atomic E-state index is 13.0. The van der Waals surface area contributed by atoms with E-state index in [-0.39, 0.29) is 17.9 Å². The third-order valence-electron chi connectivity index (χ3n) is 3.68. The summed E-state index contributed by atoms with van der Waals surface area (Å²) in [5.74, 6) is -1.79. The van der Waals surface area contributed by atoms with Crippen molar-refractivity contribution in [2.24, 2.45) is 0 Å². The van der Waals surface area contributed by atoms with E-state index in [1.807, 2.05) is 0 Å². The zero-order valence-electron chi connectivity index (χ0n) is 13.9. The van der Waals surface area contributed by atoms with Crippen LogP contribution in [0.2, 0.25) is 0 Å². The van der Waals surface area contributed by atoms with Crippen LogP contribution in [0.4, 0.5) is 18.9 Å².